The molecule has 0 bridgehead atoms. The first kappa shape index (κ1) is 16.6. The minimum absolute atomic E-state index is 0.00502. The van der Waals surface area contributed by atoms with E-state index in [-0.39, 0.29) is 18.5 Å². The van der Waals surface area contributed by atoms with E-state index in [1.54, 1.807) is 6.92 Å². The topological polar surface area (TPSA) is 90.0 Å². The molecule has 0 aromatic rings. The van der Waals surface area contributed by atoms with Crippen LogP contribution >= 0.6 is 11.8 Å². The van der Waals surface area contributed by atoms with Gasteiger partial charge < -0.3 is 20.2 Å². The van der Waals surface area contributed by atoms with Crippen molar-refractivity contribution in [2.75, 3.05) is 24.7 Å². The van der Waals surface area contributed by atoms with Crippen LogP contribution in [-0.2, 0) is 9.59 Å². The fraction of sp³-hybridized carbons (Fsp3) is 0.750. The van der Waals surface area contributed by atoms with Crippen LogP contribution in [-0.4, -0.2) is 69.6 Å². The van der Waals surface area contributed by atoms with Gasteiger partial charge in [0.2, 0.25) is 5.91 Å². The Morgan fingerprint density at radius 2 is 2.10 bits per heavy atom. The van der Waals surface area contributed by atoms with E-state index in [4.69, 9.17) is 5.11 Å². The van der Waals surface area contributed by atoms with Crippen molar-refractivity contribution in [2.24, 2.45) is 0 Å². The maximum Gasteiger partial charge on any atom is 0.327 e. The van der Waals surface area contributed by atoms with Gasteiger partial charge in [-0.05, 0) is 20.8 Å². The summed E-state index contributed by atoms with van der Waals surface area (Å²) >= 11 is 1.40. The molecule has 1 fully saturated rings. The third kappa shape index (κ3) is 4.29. The zero-order valence-electron chi connectivity index (χ0n) is 12.0. The molecule has 0 aromatic carbocycles. The number of carboxylic acid groups (broad SMARTS) is 1. The van der Waals surface area contributed by atoms with Gasteiger partial charge in [0.05, 0.1) is 5.88 Å². The molecule has 1 atom stereocenters. The zero-order valence-corrected chi connectivity index (χ0v) is 12.8. The van der Waals surface area contributed by atoms with Crippen LogP contribution in [0.25, 0.3) is 0 Å². The molecule has 20 heavy (non-hydrogen) atoms. The van der Waals surface area contributed by atoms with Crippen LogP contribution in [0, 0.1) is 0 Å². The number of urea groups is 1. The van der Waals surface area contributed by atoms with Crippen molar-refractivity contribution in [3.63, 3.8) is 0 Å². The summed E-state index contributed by atoms with van der Waals surface area (Å²) in [6.45, 7) is 5.75. The lowest BCUT2D eigenvalue weighted by atomic mass is 10.3. The molecule has 0 radical (unpaired) electrons. The Morgan fingerprint density at radius 3 is 2.60 bits per heavy atom. The summed E-state index contributed by atoms with van der Waals surface area (Å²) < 4.78 is 0. The molecule has 3 amide bonds. The van der Waals surface area contributed by atoms with Gasteiger partial charge in [0, 0.05) is 18.3 Å². The number of carbonyl (C=O) groups excluding carboxylic acids is 2. The number of rotatable bonds is 5. The number of nitrogens with zero attached hydrogens (tertiary/aromatic N) is 2. The van der Waals surface area contributed by atoms with Crippen LogP contribution in [0.2, 0.25) is 0 Å². The molecule has 0 aliphatic carbocycles. The Bertz CT molecular complexity index is 389. The highest BCUT2D eigenvalue weighted by Gasteiger charge is 2.36. The lowest BCUT2D eigenvalue weighted by Gasteiger charge is -2.28. The van der Waals surface area contributed by atoms with E-state index in [0.717, 1.165) is 0 Å². The van der Waals surface area contributed by atoms with Gasteiger partial charge >= 0.3 is 12.0 Å². The highest BCUT2D eigenvalue weighted by Crippen LogP contribution is 2.22. The standard InChI is InChI=1S/C12H21N3O4S/c1-4-14(5-10(16)13-8(2)3)12(19)15-7-20-6-9(15)11(17)18/h8-9H,4-7H2,1-3H3,(H,13,16)(H,17,18)/t9-/m0/s1. The number of carboxylic acids is 1. The number of aliphatic carboxylic acids is 1. The average Bonchev–Trinajstić information content (AvgIpc) is 2.83. The second-order valence-corrected chi connectivity index (χ2v) is 5.84. The normalized spacial score (nSPS) is 18.2. The molecular formula is C12H21N3O4S. The van der Waals surface area contributed by atoms with Crippen LogP contribution in [0.1, 0.15) is 20.8 Å². The number of thioether (sulfide) groups is 1. The van der Waals surface area contributed by atoms with E-state index in [2.05, 4.69) is 5.32 Å². The fourth-order valence-electron chi connectivity index (χ4n) is 1.87. The molecule has 0 unspecified atom stereocenters. The Kier molecular flexibility index (Phi) is 6.12. The summed E-state index contributed by atoms with van der Waals surface area (Å²) in [6, 6.07) is -1.20. The Balaban J connectivity index is 2.67. The highest BCUT2D eigenvalue weighted by atomic mass is 32.2. The second-order valence-electron chi connectivity index (χ2n) is 4.84. The SMILES string of the molecule is CCN(CC(=O)NC(C)C)C(=O)N1CSC[C@H]1C(=O)O. The molecular weight excluding hydrogens is 282 g/mol. The maximum absolute atomic E-state index is 12.3. The molecule has 0 saturated carbocycles. The largest absolute Gasteiger partial charge is 0.480 e. The monoisotopic (exact) mass is 303 g/mol. The van der Waals surface area contributed by atoms with Gasteiger partial charge in [-0.3, -0.25) is 4.79 Å². The van der Waals surface area contributed by atoms with E-state index in [1.807, 2.05) is 13.8 Å². The van der Waals surface area contributed by atoms with Gasteiger partial charge in [0.15, 0.2) is 0 Å². The maximum atomic E-state index is 12.3. The predicted molar refractivity (Wildman–Crippen MR) is 76.5 cm³/mol. The number of nitrogens with one attached hydrogen (secondary N) is 1. The van der Waals surface area contributed by atoms with E-state index in [0.29, 0.717) is 18.2 Å². The van der Waals surface area contributed by atoms with E-state index < -0.39 is 18.0 Å². The minimum Gasteiger partial charge on any atom is -0.480 e. The Labute approximate surface area is 122 Å². The van der Waals surface area contributed by atoms with E-state index in [1.165, 1.54) is 21.6 Å². The minimum atomic E-state index is -1.01. The number of likely N-dealkylation sites (N-methyl/N-ethyl adjacent to an activating group) is 1. The van der Waals surface area contributed by atoms with Gasteiger partial charge in [-0.25, -0.2) is 9.59 Å². The van der Waals surface area contributed by atoms with Crippen LogP contribution in [0.4, 0.5) is 4.79 Å². The first-order valence-electron chi connectivity index (χ1n) is 6.52. The molecule has 1 aliphatic heterocycles. The summed E-state index contributed by atoms with van der Waals surface area (Å²) in [5.41, 5.74) is 0. The van der Waals surface area contributed by atoms with Gasteiger partial charge in [-0.1, -0.05) is 0 Å². The Morgan fingerprint density at radius 1 is 1.45 bits per heavy atom. The predicted octanol–water partition coefficient (Wildman–Crippen LogP) is 0.412. The molecule has 0 spiro atoms. The smallest absolute Gasteiger partial charge is 0.327 e. The van der Waals surface area contributed by atoms with Crippen LogP contribution in [0.5, 0.6) is 0 Å². The molecule has 0 aromatic heterocycles. The third-order valence-corrected chi connectivity index (χ3v) is 3.86. The summed E-state index contributed by atoms with van der Waals surface area (Å²) in [6.07, 6.45) is 0. The zero-order chi connectivity index (χ0) is 15.3. The van der Waals surface area contributed by atoms with Crippen LogP contribution < -0.4 is 5.32 Å². The quantitative estimate of drug-likeness (QED) is 0.768. The number of hydrogen-bond acceptors (Lipinski definition) is 4. The van der Waals surface area contributed by atoms with Crippen molar-refractivity contribution < 1.29 is 19.5 Å². The molecule has 1 rings (SSSR count). The molecule has 2 N–H and O–H groups in total. The molecule has 7 nitrogen and oxygen atoms in total. The summed E-state index contributed by atoms with van der Waals surface area (Å²) in [7, 11) is 0. The Hall–Kier alpha value is -1.44. The summed E-state index contributed by atoms with van der Waals surface area (Å²) in [5.74, 6) is -0.519. The first-order chi connectivity index (χ1) is 9.36. The van der Waals surface area contributed by atoms with Crippen LogP contribution in [0.3, 0.4) is 0 Å². The molecule has 1 heterocycles. The molecule has 8 heteroatoms. The molecule has 114 valence electrons. The first-order valence-corrected chi connectivity index (χ1v) is 7.67. The fourth-order valence-corrected chi connectivity index (χ4v) is 3.01. The summed E-state index contributed by atoms with van der Waals surface area (Å²) in [5, 5.41) is 11.8. The van der Waals surface area contributed by atoms with Crippen molar-refractivity contribution in [2.45, 2.75) is 32.9 Å². The van der Waals surface area contributed by atoms with Gasteiger partial charge in [0.25, 0.3) is 0 Å². The van der Waals surface area contributed by atoms with Crippen molar-refractivity contribution in [1.29, 1.82) is 0 Å². The van der Waals surface area contributed by atoms with E-state index >= 15 is 0 Å². The number of carbonyl (C=O) groups is 3. The average molecular weight is 303 g/mol. The number of hydrogen-bond donors (Lipinski definition) is 2. The van der Waals surface area contributed by atoms with Crippen molar-refractivity contribution >= 4 is 29.7 Å². The van der Waals surface area contributed by atoms with Gasteiger partial charge in [-0.2, -0.15) is 0 Å². The molecule has 1 saturated heterocycles. The van der Waals surface area contributed by atoms with Crippen molar-refractivity contribution in [3.8, 4) is 0 Å². The second kappa shape index (κ2) is 7.37. The van der Waals surface area contributed by atoms with Gasteiger partial charge in [0.1, 0.15) is 12.6 Å². The highest BCUT2D eigenvalue weighted by molar-refractivity contribution is 7.99. The number of amides is 3. The van der Waals surface area contributed by atoms with Crippen LogP contribution in [0.15, 0.2) is 0 Å². The van der Waals surface area contributed by atoms with Crippen molar-refractivity contribution in [1.82, 2.24) is 15.1 Å². The third-order valence-electron chi connectivity index (χ3n) is 2.85. The lowest BCUT2D eigenvalue weighted by Crippen LogP contribution is -2.51. The molecule has 1 aliphatic rings. The van der Waals surface area contributed by atoms with Crippen molar-refractivity contribution in [3.05, 3.63) is 0 Å². The summed E-state index contributed by atoms with van der Waals surface area (Å²) in [4.78, 5) is 37.8. The van der Waals surface area contributed by atoms with Gasteiger partial charge in [-0.15, -0.1) is 11.8 Å². The van der Waals surface area contributed by atoms with E-state index in [9.17, 15) is 14.4 Å². The lowest BCUT2D eigenvalue weighted by molar-refractivity contribution is -0.140.